The molecule has 1 aliphatic rings. The highest BCUT2D eigenvalue weighted by molar-refractivity contribution is 5.24. The Morgan fingerprint density at radius 3 is 2.89 bits per heavy atom. The van der Waals surface area contributed by atoms with E-state index in [2.05, 4.69) is 11.4 Å². The fourth-order valence-corrected chi connectivity index (χ4v) is 2.74. The molecule has 0 saturated heterocycles. The third-order valence-corrected chi connectivity index (χ3v) is 3.77. The monoisotopic (exact) mass is 259 g/mol. The first-order chi connectivity index (χ1) is 9.33. The van der Waals surface area contributed by atoms with Crippen LogP contribution in [0, 0.1) is 5.82 Å². The van der Waals surface area contributed by atoms with Gasteiger partial charge in [-0.05, 0) is 49.6 Å². The lowest BCUT2D eigenvalue weighted by Gasteiger charge is -2.22. The lowest BCUT2D eigenvalue weighted by molar-refractivity contribution is 0.413. The van der Waals surface area contributed by atoms with Crippen LogP contribution >= 0.6 is 0 Å². The van der Waals surface area contributed by atoms with Gasteiger partial charge in [-0.3, -0.25) is 0 Å². The topological polar surface area (TPSA) is 25.2 Å². The van der Waals surface area contributed by atoms with Gasteiger partial charge in [0.05, 0.1) is 6.26 Å². The number of furan rings is 1. The number of halogens is 1. The van der Waals surface area contributed by atoms with Crippen molar-refractivity contribution in [3.63, 3.8) is 0 Å². The average molecular weight is 259 g/mol. The summed E-state index contributed by atoms with van der Waals surface area (Å²) in [6, 6.07) is 9.21. The van der Waals surface area contributed by atoms with Crippen molar-refractivity contribution in [1.82, 2.24) is 5.32 Å². The van der Waals surface area contributed by atoms with Crippen LogP contribution in [0.5, 0.6) is 0 Å². The molecule has 100 valence electrons. The Hall–Kier alpha value is -1.61. The third kappa shape index (κ3) is 2.87. The highest BCUT2D eigenvalue weighted by Gasteiger charge is 2.21. The van der Waals surface area contributed by atoms with Crippen LogP contribution in [0.1, 0.15) is 35.8 Å². The second-order valence-corrected chi connectivity index (χ2v) is 5.07. The zero-order chi connectivity index (χ0) is 13.1. The van der Waals surface area contributed by atoms with E-state index >= 15 is 0 Å². The van der Waals surface area contributed by atoms with Crippen LogP contribution in [-0.4, -0.2) is 6.54 Å². The summed E-state index contributed by atoms with van der Waals surface area (Å²) in [4.78, 5) is 0. The number of fused-ring (bicyclic) bond motifs is 1. The second-order valence-electron chi connectivity index (χ2n) is 5.07. The van der Waals surface area contributed by atoms with Crippen molar-refractivity contribution < 1.29 is 8.81 Å². The Bertz CT molecular complexity index is 532. The van der Waals surface area contributed by atoms with Gasteiger partial charge in [-0.15, -0.1) is 0 Å². The number of hydrogen-bond acceptors (Lipinski definition) is 2. The maximum absolute atomic E-state index is 12.8. The van der Waals surface area contributed by atoms with Gasteiger partial charge in [-0.1, -0.05) is 12.1 Å². The van der Waals surface area contributed by atoms with Gasteiger partial charge in [-0.25, -0.2) is 4.39 Å². The molecule has 2 nitrogen and oxygen atoms in total. The minimum absolute atomic E-state index is 0.174. The summed E-state index contributed by atoms with van der Waals surface area (Å²) in [5, 5.41) is 3.57. The summed E-state index contributed by atoms with van der Waals surface area (Å²) in [7, 11) is 0. The van der Waals surface area contributed by atoms with Gasteiger partial charge in [0.1, 0.15) is 11.6 Å². The van der Waals surface area contributed by atoms with E-state index in [9.17, 15) is 4.39 Å². The van der Waals surface area contributed by atoms with E-state index in [1.807, 2.05) is 12.1 Å². The highest BCUT2D eigenvalue weighted by Crippen LogP contribution is 2.30. The van der Waals surface area contributed by atoms with Crippen LogP contribution in [0.4, 0.5) is 4.39 Å². The van der Waals surface area contributed by atoms with Crippen molar-refractivity contribution in [2.24, 2.45) is 0 Å². The molecule has 1 aliphatic carbocycles. The Balaban J connectivity index is 1.55. The highest BCUT2D eigenvalue weighted by atomic mass is 19.1. The van der Waals surface area contributed by atoms with E-state index in [4.69, 9.17) is 4.42 Å². The van der Waals surface area contributed by atoms with Crippen LogP contribution in [0.3, 0.4) is 0 Å². The maximum Gasteiger partial charge on any atom is 0.123 e. The van der Waals surface area contributed by atoms with E-state index in [-0.39, 0.29) is 5.82 Å². The molecule has 0 spiro atoms. The Labute approximate surface area is 112 Å². The minimum atomic E-state index is -0.174. The first-order valence-corrected chi connectivity index (χ1v) is 6.87. The van der Waals surface area contributed by atoms with Gasteiger partial charge in [0.2, 0.25) is 0 Å². The standard InChI is InChI=1S/C16H18FNO/c17-13-6-4-12(5-7-13)8-10-18-15-2-1-3-16-14(15)9-11-19-16/h4-7,9,11,15,18H,1-3,8,10H2. The molecule has 1 atom stereocenters. The predicted octanol–water partition coefficient (Wildman–Crippen LogP) is 3.63. The second kappa shape index (κ2) is 5.57. The molecule has 3 heteroatoms. The van der Waals surface area contributed by atoms with Crippen LogP contribution in [0.15, 0.2) is 41.0 Å². The van der Waals surface area contributed by atoms with Crippen molar-refractivity contribution in [3.05, 3.63) is 59.3 Å². The van der Waals surface area contributed by atoms with Crippen LogP contribution in [-0.2, 0) is 12.8 Å². The van der Waals surface area contributed by atoms with Gasteiger partial charge in [0.15, 0.2) is 0 Å². The normalized spacial score (nSPS) is 18.3. The number of aryl methyl sites for hydroxylation is 1. The van der Waals surface area contributed by atoms with Gasteiger partial charge < -0.3 is 9.73 Å². The molecule has 0 bridgehead atoms. The van der Waals surface area contributed by atoms with E-state index < -0.39 is 0 Å². The summed E-state index contributed by atoms with van der Waals surface area (Å²) in [6.45, 7) is 0.904. The molecule has 1 aromatic heterocycles. The number of benzene rings is 1. The third-order valence-electron chi connectivity index (χ3n) is 3.77. The van der Waals surface area contributed by atoms with Gasteiger partial charge in [0, 0.05) is 18.0 Å². The smallest absolute Gasteiger partial charge is 0.123 e. The molecule has 0 fully saturated rings. The fraction of sp³-hybridized carbons (Fsp3) is 0.375. The van der Waals surface area contributed by atoms with Crippen molar-refractivity contribution in [2.75, 3.05) is 6.54 Å². The lowest BCUT2D eigenvalue weighted by atomic mass is 9.93. The molecule has 1 aromatic carbocycles. The fourth-order valence-electron chi connectivity index (χ4n) is 2.74. The summed E-state index contributed by atoms with van der Waals surface area (Å²) >= 11 is 0. The van der Waals surface area contributed by atoms with E-state index in [0.717, 1.165) is 37.1 Å². The summed E-state index contributed by atoms with van der Waals surface area (Å²) in [6.07, 6.45) is 6.09. The van der Waals surface area contributed by atoms with E-state index in [1.165, 1.54) is 24.1 Å². The molecule has 0 radical (unpaired) electrons. The zero-order valence-corrected chi connectivity index (χ0v) is 10.9. The number of hydrogen-bond donors (Lipinski definition) is 1. The lowest BCUT2D eigenvalue weighted by Crippen LogP contribution is -2.26. The summed E-state index contributed by atoms with van der Waals surface area (Å²) < 4.78 is 18.3. The molecule has 3 rings (SSSR count). The average Bonchev–Trinajstić information content (AvgIpc) is 2.90. The van der Waals surface area contributed by atoms with Crippen molar-refractivity contribution in [3.8, 4) is 0 Å². The Morgan fingerprint density at radius 1 is 1.21 bits per heavy atom. The largest absolute Gasteiger partial charge is 0.469 e. The Morgan fingerprint density at radius 2 is 2.05 bits per heavy atom. The SMILES string of the molecule is Fc1ccc(CCNC2CCCc3occc32)cc1. The Kier molecular flexibility index (Phi) is 3.65. The first-order valence-electron chi connectivity index (χ1n) is 6.87. The molecule has 1 N–H and O–H groups in total. The molecule has 0 amide bonds. The maximum atomic E-state index is 12.8. The summed E-state index contributed by atoms with van der Waals surface area (Å²) in [5.41, 5.74) is 2.47. The molecule has 19 heavy (non-hydrogen) atoms. The molecule has 2 aromatic rings. The van der Waals surface area contributed by atoms with E-state index in [1.54, 1.807) is 6.26 Å². The van der Waals surface area contributed by atoms with Crippen molar-refractivity contribution in [2.45, 2.75) is 31.7 Å². The zero-order valence-electron chi connectivity index (χ0n) is 10.9. The number of nitrogens with one attached hydrogen (secondary N) is 1. The van der Waals surface area contributed by atoms with Gasteiger partial charge in [-0.2, -0.15) is 0 Å². The predicted molar refractivity (Wildman–Crippen MR) is 72.5 cm³/mol. The molecule has 0 saturated carbocycles. The van der Waals surface area contributed by atoms with Crippen LogP contribution in [0.2, 0.25) is 0 Å². The molecule has 1 unspecified atom stereocenters. The molecular formula is C16H18FNO. The van der Waals surface area contributed by atoms with Crippen LogP contribution in [0.25, 0.3) is 0 Å². The van der Waals surface area contributed by atoms with Crippen molar-refractivity contribution in [1.29, 1.82) is 0 Å². The minimum Gasteiger partial charge on any atom is -0.469 e. The van der Waals surface area contributed by atoms with Crippen molar-refractivity contribution >= 4 is 0 Å². The first kappa shape index (κ1) is 12.4. The van der Waals surface area contributed by atoms with E-state index in [0.29, 0.717) is 6.04 Å². The van der Waals surface area contributed by atoms with Crippen LogP contribution < -0.4 is 5.32 Å². The van der Waals surface area contributed by atoms with Gasteiger partial charge in [0.25, 0.3) is 0 Å². The van der Waals surface area contributed by atoms with Gasteiger partial charge >= 0.3 is 0 Å². The molecular weight excluding hydrogens is 241 g/mol. The molecule has 1 heterocycles. The summed E-state index contributed by atoms with van der Waals surface area (Å²) in [5.74, 6) is 0.956. The number of rotatable bonds is 4. The molecule has 0 aliphatic heterocycles. The quantitative estimate of drug-likeness (QED) is 0.907.